The van der Waals surface area contributed by atoms with Gasteiger partial charge in [0.1, 0.15) is 17.6 Å². The zero-order chi connectivity index (χ0) is 28.4. The third kappa shape index (κ3) is 6.01. The second-order valence-electron chi connectivity index (χ2n) is 8.63. The normalized spacial score (nSPS) is 16.2. The molecule has 3 heterocycles. The van der Waals surface area contributed by atoms with Gasteiger partial charge in [-0.1, -0.05) is 11.6 Å². The van der Waals surface area contributed by atoms with Crippen molar-refractivity contribution in [2.24, 2.45) is 0 Å². The van der Waals surface area contributed by atoms with E-state index in [4.69, 9.17) is 31.0 Å². The van der Waals surface area contributed by atoms with Crippen molar-refractivity contribution in [1.29, 1.82) is 0 Å². The Morgan fingerprint density at radius 1 is 1.32 bits per heavy atom. The van der Waals surface area contributed by atoms with Crippen LogP contribution in [0.2, 0.25) is 5.02 Å². The number of ether oxygens (including phenoxy) is 2. The van der Waals surface area contributed by atoms with Crippen molar-refractivity contribution in [3.05, 3.63) is 40.4 Å². The van der Waals surface area contributed by atoms with Crippen LogP contribution in [0.25, 0.3) is 11.2 Å². The first kappa shape index (κ1) is 28.8. The van der Waals surface area contributed by atoms with E-state index in [1.54, 1.807) is 18.3 Å². The number of hydrogen-bond acceptors (Lipinski definition) is 8. The lowest BCUT2D eigenvalue weighted by Crippen LogP contribution is -2.31. The molecule has 1 aliphatic rings. The molecule has 0 spiro atoms. The number of methoxy groups -OCH3 is 1. The van der Waals surface area contributed by atoms with Crippen LogP contribution >= 0.6 is 11.6 Å². The second-order valence-corrected chi connectivity index (χ2v) is 9.04. The molecule has 1 saturated heterocycles. The Morgan fingerprint density at radius 3 is 2.53 bits per heavy atom. The van der Waals surface area contributed by atoms with E-state index in [0.29, 0.717) is 34.3 Å². The van der Waals surface area contributed by atoms with Gasteiger partial charge in [-0.2, -0.15) is 13.2 Å². The van der Waals surface area contributed by atoms with Crippen LogP contribution in [0.5, 0.6) is 5.75 Å². The molecule has 1 aromatic carbocycles. The average Bonchev–Trinajstić information content (AvgIpc) is 3.47. The Kier molecular flexibility index (Phi) is 8.54. The lowest BCUT2D eigenvalue weighted by molar-refractivity contribution is -0.192. The molecule has 0 radical (unpaired) electrons. The standard InChI is InChI=1S/C21H25ClN6O3.C2HF3O2/c1-10(2)28-7-15(31-21(28)29)16-11(3)14(22)6-13(18(16)30-5)12(4)27-20-17-19(24-8-23-17)25-9-26-20;3-2(4,5)1(6)7/h6,8-10,12,15H,7H2,1-5H3,(H2,23,24,25,26,27);(H,6,7). The van der Waals surface area contributed by atoms with Gasteiger partial charge in [-0.05, 0) is 39.3 Å². The number of hydrogen-bond donors (Lipinski definition) is 3. The molecule has 38 heavy (non-hydrogen) atoms. The Labute approximate surface area is 220 Å². The molecular formula is C23H26ClF3N6O5. The number of carboxylic acid groups (broad SMARTS) is 1. The van der Waals surface area contributed by atoms with E-state index in [1.807, 2.05) is 33.8 Å². The fraction of sp³-hybridized carbons (Fsp3) is 0.435. The maximum Gasteiger partial charge on any atom is 0.490 e. The van der Waals surface area contributed by atoms with E-state index in [1.165, 1.54) is 6.33 Å². The molecule has 206 valence electrons. The van der Waals surface area contributed by atoms with Gasteiger partial charge in [-0.3, -0.25) is 0 Å². The number of halogens is 4. The number of fused-ring (bicyclic) bond motifs is 1. The van der Waals surface area contributed by atoms with E-state index in [-0.39, 0.29) is 18.2 Å². The molecule has 1 fully saturated rings. The largest absolute Gasteiger partial charge is 0.496 e. The highest BCUT2D eigenvalue weighted by atomic mass is 35.5. The minimum atomic E-state index is -5.08. The van der Waals surface area contributed by atoms with Crippen LogP contribution in [0, 0.1) is 6.92 Å². The third-order valence-corrected chi connectivity index (χ3v) is 6.22. The minimum absolute atomic E-state index is 0.0395. The lowest BCUT2D eigenvalue weighted by atomic mass is 9.95. The maximum atomic E-state index is 12.3. The summed E-state index contributed by atoms with van der Waals surface area (Å²) in [6.07, 6.45) is -2.85. The number of amides is 1. The van der Waals surface area contributed by atoms with Crippen LogP contribution in [0.4, 0.5) is 23.8 Å². The van der Waals surface area contributed by atoms with E-state index in [9.17, 15) is 18.0 Å². The van der Waals surface area contributed by atoms with Crippen molar-refractivity contribution in [1.82, 2.24) is 24.8 Å². The number of aliphatic carboxylic acids is 1. The Hall–Kier alpha value is -3.81. The predicted molar refractivity (Wildman–Crippen MR) is 131 cm³/mol. The number of nitrogens with one attached hydrogen (secondary N) is 2. The molecule has 0 saturated carbocycles. The maximum absolute atomic E-state index is 12.3. The molecule has 2 unspecified atom stereocenters. The minimum Gasteiger partial charge on any atom is -0.496 e. The van der Waals surface area contributed by atoms with Crippen LogP contribution in [0.15, 0.2) is 18.7 Å². The fourth-order valence-corrected chi connectivity index (χ4v) is 4.13. The van der Waals surface area contributed by atoms with Crippen molar-refractivity contribution in [2.45, 2.75) is 52.1 Å². The first-order valence-electron chi connectivity index (χ1n) is 11.3. The predicted octanol–water partition coefficient (Wildman–Crippen LogP) is 5.03. The molecule has 1 amide bonds. The van der Waals surface area contributed by atoms with Gasteiger partial charge >= 0.3 is 18.2 Å². The summed E-state index contributed by atoms with van der Waals surface area (Å²) in [7, 11) is 1.61. The number of aromatic amines is 1. The van der Waals surface area contributed by atoms with Crippen LogP contribution in [-0.2, 0) is 9.53 Å². The van der Waals surface area contributed by atoms with Gasteiger partial charge in [-0.25, -0.2) is 24.5 Å². The summed E-state index contributed by atoms with van der Waals surface area (Å²) < 4.78 is 43.3. The van der Waals surface area contributed by atoms with Crippen LogP contribution in [0.3, 0.4) is 0 Å². The first-order chi connectivity index (χ1) is 17.8. The average molecular weight is 559 g/mol. The summed E-state index contributed by atoms with van der Waals surface area (Å²) in [4.78, 5) is 38.6. The van der Waals surface area contributed by atoms with Crippen molar-refractivity contribution >= 4 is 40.6 Å². The first-order valence-corrected chi connectivity index (χ1v) is 11.7. The van der Waals surface area contributed by atoms with E-state index in [0.717, 1.165) is 16.7 Å². The fourth-order valence-electron chi connectivity index (χ4n) is 3.91. The summed E-state index contributed by atoms with van der Waals surface area (Å²) >= 11 is 6.61. The van der Waals surface area contributed by atoms with Gasteiger partial charge in [0, 0.05) is 22.2 Å². The number of nitrogens with zero attached hydrogens (tertiary/aromatic N) is 4. The lowest BCUT2D eigenvalue weighted by Gasteiger charge is -2.24. The molecule has 0 bridgehead atoms. The summed E-state index contributed by atoms with van der Waals surface area (Å²) in [5.41, 5.74) is 3.73. The molecule has 3 N–H and O–H groups in total. The van der Waals surface area contributed by atoms with Crippen molar-refractivity contribution in [3.63, 3.8) is 0 Å². The third-order valence-electron chi connectivity index (χ3n) is 5.83. The molecule has 1 aliphatic heterocycles. The summed E-state index contributed by atoms with van der Waals surface area (Å²) in [5, 5.41) is 11.1. The van der Waals surface area contributed by atoms with Crippen LogP contribution in [0.1, 0.15) is 49.6 Å². The number of imidazole rings is 1. The van der Waals surface area contributed by atoms with Gasteiger partial charge in [0.25, 0.3) is 0 Å². The van der Waals surface area contributed by atoms with Crippen LogP contribution in [-0.4, -0.2) is 67.9 Å². The highest BCUT2D eigenvalue weighted by Gasteiger charge is 2.39. The highest BCUT2D eigenvalue weighted by Crippen LogP contribution is 2.43. The molecule has 3 aromatic rings. The number of rotatable bonds is 6. The summed E-state index contributed by atoms with van der Waals surface area (Å²) in [5.74, 6) is -1.50. The molecule has 0 aliphatic carbocycles. The summed E-state index contributed by atoms with van der Waals surface area (Å²) in [6.45, 7) is 8.25. The van der Waals surface area contributed by atoms with Crippen LogP contribution < -0.4 is 10.1 Å². The number of carboxylic acids is 1. The molecule has 2 aromatic heterocycles. The number of carbonyl (C=O) groups is 2. The molecule has 4 rings (SSSR count). The Balaban J connectivity index is 0.000000505. The van der Waals surface area contributed by atoms with Gasteiger partial charge < -0.3 is 29.8 Å². The zero-order valence-corrected chi connectivity index (χ0v) is 21.8. The van der Waals surface area contributed by atoms with E-state index >= 15 is 0 Å². The quantitative estimate of drug-likeness (QED) is 0.379. The number of anilines is 1. The van der Waals surface area contributed by atoms with Crippen molar-refractivity contribution in [2.75, 3.05) is 19.0 Å². The number of aromatic nitrogens is 4. The Bertz CT molecular complexity index is 1330. The Morgan fingerprint density at radius 2 is 1.97 bits per heavy atom. The molecule has 2 atom stereocenters. The zero-order valence-electron chi connectivity index (χ0n) is 21.1. The van der Waals surface area contributed by atoms with Crippen molar-refractivity contribution in [3.8, 4) is 5.75 Å². The van der Waals surface area contributed by atoms with Gasteiger partial charge in [0.15, 0.2) is 17.6 Å². The second kappa shape index (κ2) is 11.3. The monoisotopic (exact) mass is 558 g/mol. The van der Waals surface area contributed by atoms with Gasteiger partial charge in [-0.15, -0.1) is 0 Å². The number of cyclic esters (lactones) is 1. The highest BCUT2D eigenvalue weighted by molar-refractivity contribution is 6.31. The number of benzene rings is 1. The molecular weight excluding hydrogens is 533 g/mol. The topological polar surface area (TPSA) is 143 Å². The number of carbonyl (C=O) groups excluding carboxylic acids is 1. The van der Waals surface area contributed by atoms with Gasteiger partial charge in [0.2, 0.25) is 0 Å². The smallest absolute Gasteiger partial charge is 0.490 e. The van der Waals surface area contributed by atoms with E-state index in [2.05, 4.69) is 25.3 Å². The molecule has 11 nitrogen and oxygen atoms in total. The number of H-pyrrole nitrogens is 1. The number of alkyl halides is 3. The molecule has 15 heteroatoms. The van der Waals surface area contributed by atoms with Gasteiger partial charge in [0.05, 0.1) is 26.0 Å². The van der Waals surface area contributed by atoms with E-state index < -0.39 is 18.2 Å². The summed E-state index contributed by atoms with van der Waals surface area (Å²) in [6, 6.07) is 1.70. The SMILES string of the molecule is COc1c(C(C)Nc2ncnc3nc[nH]c23)cc(Cl)c(C)c1C1CN(C(C)C)C(=O)O1.O=C(O)C(F)(F)F. The van der Waals surface area contributed by atoms with Crippen molar-refractivity contribution < 1.29 is 37.3 Å².